The van der Waals surface area contributed by atoms with Crippen LogP contribution in [0, 0.1) is 17.8 Å². The summed E-state index contributed by atoms with van der Waals surface area (Å²) in [5.41, 5.74) is 0. The van der Waals surface area contributed by atoms with Crippen LogP contribution in [-0.4, -0.2) is 18.5 Å². The molecule has 0 bridgehead atoms. The molecule has 92 valence electrons. The zero-order valence-corrected chi connectivity index (χ0v) is 11.8. The van der Waals surface area contributed by atoms with Crippen LogP contribution in [0.2, 0.25) is 0 Å². The molecule has 2 atom stereocenters. The van der Waals surface area contributed by atoms with Gasteiger partial charge in [0.25, 0.3) is 0 Å². The van der Waals surface area contributed by atoms with Crippen molar-refractivity contribution < 1.29 is 4.74 Å². The molecule has 1 saturated carbocycles. The lowest BCUT2D eigenvalue weighted by Crippen LogP contribution is -2.24. The Bertz CT molecular complexity index is 231. The molecule has 0 N–H and O–H groups in total. The van der Waals surface area contributed by atoms with Crippen molar-refractivity contribution in [2.45, 2.75) is 43.4 Å². The zero-order chi connectivity index (χ0) is 11.4. The van der Waals surface area contributed by atoms with Crippen molar-refractivity contribution in [3.05, 3.63) is 12.2 Å². The lowest BCUT2D eigenvalue weighted by atomic mass is 9.74. The fraction of sp³-hybridized carbons (Fsp3) is 0.857. The second-order valence-electron chi connectivity index (χ2n) is 5.35. The van der Waals surface area contributed by atoms with Crippen LogP contribution in [-0.2, 0) is 4.74 Å². The molecule has 1 nitrogen and oxygen atoms in total. The van der Waals surface area contributed by atoms with Crippen LogP contribution in [0.1, 0.15) is 38.5 Å². The Kier molecular flexibility index (Phi) is 4.90. The van der Waals surface area contributed by atoms with Gasteiger partial charge < -0.3 is 4.74 Å². The van der Waals surface area contributed by atoms with Crippen LogP contribution < -0.4 is 0 Å². The highest BCUT2D eigenvalue weighted by Crippen LogP contribution is 2.38. The van der Waals surface area contributed by atoms with Gasteiger partial charge in [-0.2, -0.15) is 0 Å². The maximum atomic E-state index is 5.22. The van der Waals surface area contributed by atoms with E-state index >= 15 is 0 Å². The molecule has 1 unspecified atom stereocenters. The molecule has 0 aromatic rings. The third-order valence-electron chi connectivity index (χ3n) is 4.19. The minimum absolute atomic E-state index is 0.675. The number of rotatable bonds is 3. The molecule has 2 heteroatoms. The second kappa shape index (κ2) is 6.20. The molecule has 2 aliphatic carbocycles. The van der Waals surface area contributed by atoms with Gasteiger partial charge in [-0.1, -0.05) is 28.1 Å². The minimum atomic E-state index is 0.675. The molecular weight excluding hydrogens is 264 g/mol. The van der Waals surface area contributed by atoms with E-state index in [1.807, 2.05) is 0 Å². The summed E-state index contributed by atoms with van der Waals surface area (Å²) >= 11 is 3.74. The molecule has 1 fully saturated rings. The summed E-state index contributed by atoms with van der Waals surface area (Å²) in [5, 5.41) is 0. The first-order chi connectivity index (χ1) is 7.79. The van der Waals surface area contributed by atoms with Crippen molar-refractivity contribution in [1.82, 2.24) is 0 Å². The van der Waals surface area contributed by atoms with Crippen LogP contribution in [0.25, 0.3) is 0 Å². The fourth-order valence-corrected chi connectivity index (χ4v) is 3.68. The number of allylic oxidation sites excluding steroid dienone is 1. The van der Waals surface area contributed by atoms with E-state index in [9.17, 15) is 0 Å². The van der Waals surface area contributed by atoms with Gasteiger partial charge in [-0.3, -0.25) is 0 Å². The van der Waals surface area contributed by atoms with E-state index < -0.39 is 0 Å². The Morgan fingerprint density at radius 2 is 1.81 bits per heavy atom. The first-order valence-corrected chi connectivity index (χ1v) is 7.52. The second-order valence-corrected chi connectivity index (χ2v) is 6.65. The van der Waals surface area contributed by atoms with Gasteiger partial charge in [0, 0.05) is 17.9 Å². The highest BCUT2D eigenvalue weighted by molar-refractivity contribution is 9.09. The van der Waals surface area contributed by atoms with Crippen molar-refractivity contribution in [3.8, 4) is 0 Å². The minimum Gasteiger partial charge on any atom is -0.384 e. The van der Waals surface area contributed by atoms with Gasteiger partial charge >= 0.3 is 0 Å². The number of methoxy groups -OCH3 is 1. The highest BCUT2D eigenvalue weighted by atomic mass is 79.9. The van der Waals surface area contributed by atoms with Crippen LogP contribution in [0.4, 0.5) is 0 Å². The highest BCUT2D eigenvalue weighted by Gasteiger charge is 2.27. The smallest absolute Gasteiger partial charge is 0.0525 e. The van der Waals surface area contributed by atoms with E-state index in [4.69, 9.17) is 4.74 Å². The largest absolute Gasteiger partial charge is 0.384 e. The Morgan fingerprint density at radius 1 is 1.06 bits per heavy atom. The summed E-state index contributed by atoms with van der Waals surface area (Å²) in [6, 6.07) is 0. The van der Waals surface area contributed by atoms with E-state index in [0.29, 0.717) is 5.92 Å². The number of halogens is 1. The van der Waals surface area contributed by atoms with Crippen LogP contribution in [0.3, 0.4) is 0 Å². The number of hydrogen-bond donors (Lipinski definition) is 0. The van der Waals surface area contributed by atoms with Gasteiger partial charge in [-0.05, 0) is 50.4 Å². The number of hydrogen-bond acceptors (Lipinski definition) is 1. The SMILES string of the molecule is COC[C@@H]1C=CC([C@H]2CC[C@@H](Br)CC2)CC1. The third kappa shape index (κ3) is 3.33. The van der Waals surface area contributed by atoms with Crippen LogP contribution in [0.5, 0.6) is 0 Å². The lowest BCUT2D eigenvalue weighted by Gasteiger charge is -2.33. The van der Waals surface area contributed by atoms with E-state index in [2.05, 4.69) is 28.1 Å². The maximum Gasteiger partial charge on any atom is 0.0525 e. The quantitative estimate of drug-likeness (QED) is 0.559. The van der Waals surface area contributed by atoms with Gasteiger partial charge in [0.2, 0.25) is 0 Å². The van der Waals surface area contributed by atoms with E-state index in [0.717, 1.165) is 23.3 Å². The van der Waals surface area contributed by atoms with Gasteiger partial charge in [0.1, 0.15) is 0 Å². The van der Waals surface area contributed by atoms with Gasteiger partial charge in [0.05, 0.1) is 6.61 Å². The molecular formula is C14H23BrO. The Labute approximate surface area is 108 Å². The Morgan fingerprint density at radius 3 is 2.38 bits per heavy atom. The summed E-state index contributed by atoms with van der Waals surface area (Å²) in [4.78, 5) is 0.789. The van der Waals surface area contributed by atoms with Crippen molar-refractivity contribution in [2.75, 3.05) is 13.7 Å². The molecule has 0 heterocycles. The van der Waals surface area contributed by atoms with Crippen molar-refractivity contribution in [1.29, 1.82) is 0 Å². The maximum absolute atomic E-state index is 5.22. The van der Waals surface area contributed by atoms with Crippen molar-refractivity contribution in [2.24, 2.45) is 17.8 Å². The molecule has 16 heavy (non-hydrogen) atoms. The fourth-order valence-electron chi connectivity index (χ4n) is 3.15. The van der Waals surface area contributed by atoms with E-state index in [1.165, 1.54) is 38.5 Å². The number of alkyl halides is 1. The summed E-state index contributed by atoms with van der Waals surface area (Å²) in [6.45, 7) is 0.900. The average molecular weight is 287 g/mol. The Hall–Kier alpha value is 0.180. The van der Waals surface area contributed by atoms with Gasteiger partial charge in [-0.25, -0.2) is 0 Å². The Balaban J connectivity index is 1.81. The lowest BCUT2D eigenvalue weighted by molar-refractivity contribution is 0.154. The first-order valence-electron chi connectivity index (χ1n) is 6.61. The van der Waals surface area contributed by atoms with E-state index in [-0.39, 0.29) is 0 Å². The molecule has 0 saturated heterocycles. The summed E-state index contributed by atoms with van der Waals surface area (Å²) in [5.74, 6) is 2.48. The van der Waals surface area contributed by atoms with Crippen LogP contribution >= 0.6 is 15.9 Å². The predicted molar refractivity (Wildman–Crippen MR) is 71.9 cm³/mol. The molecule has 0 aliphatic heterocycles. The zero-order valence-electron chi connectivity index (χ0n) is 10.2. The monoisotopic (exact) mass is 286 g/mol. The molecule has 0 radical (unpaired) electrons. The third-order valence-corrected chi connectivity index (χ3v) is 5.10. The molecule has 0 aromatic carbocycles. The van der Waals surface area contributed by atoms with Gasteiger partial charge in [0.15, 0.2) is 0 Å². The van der Waals surface area contributed by atoms with E-state index in [1.54, 1.807) is 7.11 Å². The first kappa shape index (κ1) is 12.6. The molecule has 0 amide bonds. The molecule has 0 spiro atoms. The average Bonchev–Trinajstić information content (AvgIpc) is 2.32. The topological polar surface area (TPSA) is 9.23 Å². The molecule has 0 aromatic heterocycles. The van der Waals surface area contributed by atoms with Crippen molar-refractivity contribution >= 4 is 15.9 Å². The summed E-state index contributed by atoms with van der Waals surface area (Å²) in [6.07, 6.45) is 13.2. The van der Waals surface area contributed by atoms with Gasteiger partial charge in [-0.15, -0.1) is 0 Å². The standard InChI is InChI=1S/C14H23BrO/c1-16-10-11-2-4-12(5-3-11)13-6-8-14(15)9-7-13/h2,4,11-14H,3,5-10H2,1H3/t11-,12?,13-,14+/m1/s1. The predicted octanol–water partition coefficient (Wildman–Crippen LogP) is 4.17. The summed E-state index contributed by atoms with van der Waals surface area (Å²) < 4.78 is 5.22. The normalized spacial score (nSPS) is 39.9. The number of ether oxygens (including phenoxy) is 1. The van der Waals surface area contributed by atoms with Crippen molar-refractivity contribution in [3.63, 3.8) is 0 Å². The van der Waals surface area contributed by atoms with Crippen LogP contribution in [0.15, 0.2) is 12.2 Å². The summed E-state index contributed by atoms with van der Waals surface area (Å²) in [7, 11) is 1.80. The molecule has 2 aliphatic rings. The molecule has 2 rings (SSSR count).